The van der Waals surface area contributed by atoms with E-state index in [2.05, 4.69) is 45.0 Å². The highest BCUT2D eigenvalue weighted by atomic mass is 14.9. The van der Waals surface area contributed by atoms with Crippen molar-refractivity contribution in [2.75, 3.05) is 0 Å². The van der Waals surface area contributed by atoms with Crippen LogP contribution in [0.2, 0.25) is 0 Å². The molecule has 116 valence electrons. The number of pyridine rings is 1. The summed E-state index contributed by atoms with van der Waals surface area (Å²) in [6.07, 6.45) is 3.68. The van der Waals surface area contributed by atoms with Gasteiger partial charge in [-0.3, -0.25) is 0 Å². The van der Waals surface area contributed by atoms with Crippen LogP contribution in [0.3, 0.4) is 0 Å². The summed E-state index contributed by atoms with van der Waals surface area (Å²) in [5.74, 6) is 0. The van der Waals surface area contributed by atoms with Crippen LogP contribution >= 0.6 is 0 Å². The topological polar surface area (TPSA) is 3.88 Å². The van der Waals surface area contributed by atoms with Crippen molar-refractivity contribution in [2.24, 2.45) is 7.05 Å². The second kappa shape index (κ2) is 5.19. The minimum Gasteiger partial charge on any atom is -0.200 e. The fourth-order valence-electron chi connectivity index (χ4n) is 3.92. The predicted octanol–water partition coefficient (Wildman–Crippen LogP) is 4.75. The molecule has 23 heavy (non-hydrogen) atoms. The van der Waals surface area contributed by atoms with Crippen LogP contribution in [0.25, 0.3) is 22.0 Å². The van der Waals surface area contributed by atoms with Crippen LogP contribution in [-0.4, -0.2) is 0 Å². The third-order valence-electron chi connectivity index (χ3n) is 5.25. The Balaban J connectivity index is 2.17. The van der Waals surface area contributed by atoms with Crippen molar-refractivity contribution < 1.29 is 7.31 Å². The van der Waals surface area contributed by atoms with Crippen LogP contribution < -0.4 is 4.57 Å². The summed E-state index contributed by atoms with van der Waals surface area (Å²) in [7, 11) is 1.92. The van der Waals surface area contributed by atoms with E-state index in [1.165, 1.54) is 39.8 Å². The number of aryl methyl sites for hydroxylation is 4. The predicted molar refractivity (Wildman–Crippen MR) is 96.8 cm³/mol. The molecule has 1 heteroatoms. The summed E-state index contributed by atoms with van der Waals surface area (Å²) in [5, 5.41) is 2.02. The van der Waals surface area contributed by atoms with E-state index in [1.807, 2.05) is 11.6 Å². The van der Waals surface area contributed by atoms with Gasteiger partial charge in [-0.15, -0.1) is 0 Å². The van der Waals surface area contributed by atoms with Gasteiger partial charge < -0.3 is 0 Å². The molecule has 1 aliphatic rings. The van der Waals surface area contributed by atoms with Gasteiger partial charge in [0.25, 0.3) is 0 Å². The Kier molecular flexibility index (Phi) is 2.78. The minimum atomic E-state index is 0.277. The Morgan fingerprint density at radius 2 is 1.74 bits per heavy atom. The largest absolute Gasteiger partial charge is 0.220 e. The molecule has 1 aromatic heterocycles. The van der Waals surface area contributed by atoms with Gasteiger partial charge in [-0.05, 0) is 79.8 Å². The molecule has 1 nitrogen and oxygen atoms in total. The molecule has 0 aliphatic heterocycles. The first-order chi connectivity index (χ1) is 11.9. The van der Waals surface area contributed by atoms with E-state index in [9.17, 15) is 0 Å². The molecular weight excluding hydrogens is 278 g/mol. The molecule has 0 unspecified atom stereocenters. The SMILES string of the molecule is [2H]c1c([2H])[n+](C)c(-c2cc(C)cc(C)c2C)c2cc3c(cc12)CCC3. The Morgan fingerprint density at radius 3 is 2.52 bits per heavy atom. The van der Waals surface area contributed by atoms with Gasteiger partial charge in [0.15, 0.2) is 6.17 Å². The van der Waals surface area contributed by atoms with Crippen molar-refractivity contribution in [3.63, 3.8) is 0 Å². The lowest BCUT2D eigenvalue weighted by Gasteiger charge is -2.12. The van der Waals surface area contributed by atoms with Gasteiger partial charge in [-0.1, -0.05) is 17.7 Å². The molecule has 0 radical (unpaired) electrons. The first-order valence-corrected chi connectivity index (χ1v) is 8.41. The number of fused-ring (bicyclic) bond motifs is 2. The zero-order valence-electron chi connectivity index (χ0n) is 16.4. The maximum atomic E-state index is 8.48. The molecule has 0 saturated carbocycles. The summed E-state index contributed by atoms with van der Waals surface area (Å²) in [6.45, 7) is 6.42. The fourth-order valence-corrected chi connectivity index (χ4v) is 3.92. The minimum absolute atomic E-state index is 0.277. The third-order valence-corrected chi connectivity index (χ3v) is 5.25. The smallest absolute Gasteiger partial charge is 0.200 e. The number of aromatic nitrogens is 1. The summed E-state index contributed by atoms with van der Waals surface area (Å²) >= 11 is 0. The number of nitrogens with zero attached hydrogens (tertiary/aromatic N) is 1. The maximum absolute atomic E-state index is 8.48. The van der Waals surface area contributed by atoms with Gasteiger partial charge in [0.05, 0.1) is 12.3 Å². The zero-order chi connectivity index (χ0) is 17.9. The van der Waals surface area contributed by atoms with E-state index in [1.54, 1.807) is 0 Å². The van der Waals surface area contributed by atoms with Gasteiger partial charge in [-0.25, -0.2) is 4.57 Å². The van der Waals surface area contributed by atoms with E-state index < -0.39 is 0 Å². The van der Waals surface area contributed by atoms with Crippen molar-refractivity contribution in [3.05, 3.63) is 64.3 Å². The molecule has 0 saturated heterocycles. The molecule has 3 aromatic rings. The normalized spacial score (nSPS) is 14.8. The molecule has 0 atom stereocenters. The van der Waals surface area contributed by atoms with Gasteiger partial charge in [-0.2, -0.15) is 0 Å². The Bertz CT molecular complexity index is 1030. The second-order valence-corrected chi connectivity index (χ2v) is 6.92. The quantitative estimate of drug-likeness (QED) is 0.571. The van der Waals surface area contributed by atoms with Gasteiger partial charge in [0.2, 0.25) is 5.69 Å². The lowest BCUT2D eigenvalue weighted by molar-refractivity contribution is -0.659. The van der Waals surface area contributed by atoms with E-state index in [0.717, 1.165) is 29.3 Å². The van der Waals surface area contributed by atoms with Crippen molar-refractivity contribution in [1.82, 2.24) is 0 Å². The van der Waals surface area contributed by atoms with Crippen LogP contribution in [0.4, 0.5) is 0 Å². The fraction of sp³-hybridized carbons (Fsp3) is 0.318. The molecule has 0 bridgehead atoms. The van der Waals surface area contributed by atoms with E-state index in [0.29, 0.717) is 6.04 Å². The summed E-state index contributed by atoms with van der Waals surface area (Å²) in [6, 6.07) is 9.20. The van der Waals surface area contributed by atoms with Crippen LogP contribution in [0, 0.1) is 20.8 Å². The second-order valence-electron chi connectivity index (χ2n) is 6.92. The maximum Gasteiger partial charge on any atom is 0.220 e. The lowest BCUT2D eigenvalue weighted by Crippen LogP contribution is -2.31. The summed E-state index contributed by atoms with van der Waals surface area (Å²) in [5.41, 5.74) is 8.76. The highest BCUT2D eigenvalue weighted by Gasteiger charge is 2.21. The average Bonchev–Trinajstić information content (AvgIpc) is 3.03. The van der Waals surface area contributed by atoms with Gasteiger partial charge >= 0.3 is 0 Å². The first kappa shape index (κ1) is 12.3. The van der Waals surface area contributed by atoms with Gasteiger partial charge in [0.1, 0.15) is 8.42 Å². The van der Waals surface area contributed by atoms with Crippen molar-refractivity contribution in [2.45, 2.75) is 40.0 Å². The van der Waals surface area contributed by atoms with Crippen molar-refractivity contribution in [3.8, 4) is 11.3 Å². The molecule has 2 aromatic carbocycles. The van der Waals surface area contributed by atoms with Crippen molar-refractivity contribution in [1.29, 1.82) is 0 Å². The monoisotopic (exact) mass is 304 g/mol. The summed E-state index contributed by atoms with van der Waals surface area (Å²) in [4.78, 5) is 0. The van der Waals surface area contributed by atoms with E-state index >= 15 is 0 Å². The molecule has 0 spiro atoms. The molecule has 1 aliphatic carbocycles. The average molecular weight is 304 g/mol. The Hall–Kier alpha value is -2.15. The van der Waals surface area contributed by atoms with Crippen LogP contribution in [0.1, 0.15) is 37.0 Å². The van der Waals surface area contributed by atoms with Gasteiger partial charge in [0, 0.05) is 6.04 Å². The number of hydrogen-bond acceptors (Lipinski definition) is 0. The zero-order valence-corrected chi connectivity index (χ0v) is 14.4. The Labute approximate surface area is 141 Å². The highest BCUT2D eigenvalue weighted by molar-refractivity contribution is 5.95. The number of benzene rings is 2. The van der Waals surface area contributed by atoms with E-state index in [-0.39, 0.29) is 6.17 Å². The van der Waals surface area contributed by atoms with E-state index in [4.69, 9.17) is 2.74 Å². The molecule has 1 heterocycles. The lowest BCUT2D eigenvalue weighted by atomic mass is 9.93. The Morgan fingerprint density at radius 1 is 1.00 bits per heavy atom. The third kappa shape index (κ3) is 2.26. The first-order valence-electron chi connectivity index (χ1n) is 9.41. The molecular formula is C22H24N+. The van der Waals surface area contributed by atoms with Crippen LogP contribution in [-0.2, 0) is 19.9 Å². The number of rotatable bonds is 1. The van der Waals surface area contributed by atoms with Crippen LogP contribution in [0.15, 0.2) is 36.5 Å². The molecule has 0 N–H and O–H groups in total. The number of hydrogen-bond donors (Lipinski definition) is 0. The van der Waals surface area contributed by atoms with Crippen LogP contribution in [0.5, 0.6) is 0 Å². The molecule has 4 rings (SSSR count). The summed E-state index contributed by atoms with van der Waals surface area (Å²) < 4.78 is 18.8. The van der Waals surface area contributed by atoms with Crippen molar-refractivity contribution >= 4 is 10.8 Å². The standard InChI is InChI=1S/C22H24N/c1-14-10-15(2)16(3)20(11-14)22-21-13-18-7-5-6-17(18)12-19(21)8-9-23(22)4/h8-13H,5-7H2,1-4H3/q+1/i8D,9D. The highest BCUT2D eigenvalue weighted by Crippen LogP contribution is 2.34. The molecule has 0 fully saturated rings. The molecule has 0 amide bonds.